The van der Waals surface area contributed by atoms with E-state index in [1.165, 1.54) is 16.7 Å². The zero-order valence-corrected chi connectivity index (χ0v) is 12.3. The van der Waals surface area contributed by atoms with E-state index in [4.69, 9.17) is 0 Å². The number of rotatable bonds is 5. The molecule has 0 spiro atoms. The quantitative estimate of drug-likeness (QED) is 0.818. The van der Waals surface area contributed by atoms with E-state index in [0.29, 0.717) is 5.92 Å². The van der Waals surface area contributed by atoms with Crippen LogP contribution >= 0.6 is 0 Å². The predicted octanol–water partition coefficient (Wildman–Crippen LogP) is 3.65. The Hall–Kier alpha value is -1.64. The monoisotopic (exact) mass is 257 g/mol. The second-order valence-electron chi connectivity index (χ2n) is 5.23. The second kappa shape index (κ2) is 6.00. The van der Waals surface area contributed by atoms with Gasteiger partial charge in [0, 0.05) is 12.7 Å². The summed E-state index contributed by atoms with van der Waals surface area (Å²) in [4.78, 5) is 0. The first-order chi connectivity index (χ1) is 9.13. The molecular formula is C16H23N3. The van der Waals surface area contributed by atoms with Crippen molar-refractivity contribution in [2.24, 2.45) is 0 Å². The Morgan fingerprint density at radius 2 is 2.00 bits per heavy atom. The molecule has 0 saturated carbocycles. The topological polar surface area (TPSA) is 30.7 Å². The van der Waals surface area contributed by atoms with Crippen molar-refractivity contribution in [1.82, 2.24) is 15.0 Å². The molecule has 1 atom stereocenters. The molecule has 102 valence electrons. The van der Waals surface area contributed by atoms with E-state index >= 15 is 0 Å². The summed E-state index contributed by atoms with van der Waals surface area (Å²) < 4.78 is 1.89. The minimum Gasteiger partial charge on any atom is -0.253 e. The van der Waals surface area contributed by atoms with E-state index < -0.39 is 0 Å². The standard InChI is InChI=1S/C16H23N3/c1-5-14(10-15-11-19(6-2)18-17-15)16-9-12(3)7-8-13(16)4/h7-9,11,14H,5-6,10H2,1-4H3. The van der Waals surface area contributed by atoms with Crippen LogP contribution in [0.3, 0.4) is 0 Å². The van der Waals surface area contributed by atoms with Crippen LogP contribution in [0.25, 0.3) is 0 Å². The molecule has 1 aromatic heterocycles. The van der Waals surface area contributed by atoms with Crippen molar-refractivity contribution in [3.8, 4) is 0 Å². The molecule has 0 aliphatic carbocycles. The normalized spacial score (nSPS) is 12.6. The molecule has 19 heavy (non-hydrogen) atoms. The smallest absolute Gasteiger partial charge is 0.0833 e. The van der Waals surface area contributed by atoms with Gasteiger partial charge in [-0.1, -0.05) is 35.9 Å². The number of aromatic nitrogens is 3. The van der Waals surface area contributed by atoms with Gasteiger partial charge in [0.25, 0.3) is 0 Å². The molecule has 2 rings (SSSR count). The molecule has 0 N–H and O–H groups in total. The highest BCUT2D eigenvalue weighted by Crippen LogP contribution is 2.27. The van der Waals surface area contributed by atoms with E-state index in [0.717, 1.165) is 25.1 Å². The highest BCUT2D eigenvalue weighted by molar-refractivity contribution is 5.34. The Morgan fingerprint density at radius 3 is 2.63 bits per heavy atom. The molecule has 0 amide bonds. The average molecular weight is 257 g/mol. The van der Waals surface area contributed by atoms with Gasteiger partial charge in [-0.15, -0.1) is 5.10 Å². The summed E-state index contributed by atoms with van der Waals surface area (Å²) in [5.41, 5.74) is 5.25. The van der Waals surface area contributed by atoms with Crippen LogP contribution in [0.2, 0.25) is 0 Å². The summed E-state index contributed by atoms with van der Waals surface area (Å²) in [6.45, 7) is 9.56. The lowest BCUT2D eigenvalue weighted by Crippen LogP contribution is -2.05. The Labute approximate surface area is 115 Å². The molecule has 0 bridgehead atoms. The van der Waals surface area contributed by atoms with Crippen LogP contribution < -0.4 is 0 Å². The van der Waals surface area contributed by atoms with E-state index in [1.807, 2.05) is 4.68 Å². The highest BCUT2D eigenvalue weighted by atomic mass is 15.4. The summed E-state index contributed by atoms with van der Waals surface area (Å²) in [5, 5.41) is 8.39. The summed E-state index contributed by atoms with van der Waals surface area (Å²) in [6, 6.07) is 6.71. The Kier molecular flexibility index (Phi) is 4.35. The molecular weight excluding hydrogens is 234 g/mol. The lowest BCUT2D eigenvalue weighted by molar-refractivity contribution is 0.624. The van der Waals surface area contributed by atoms with E-state index in [9.17, 15) is 0 Å². The molecule has 1 aromatic carbocycles. The fourth-order valence-electron chi connectivity index (χ4n) is 2.51. The van der Waals surface area contributed by atoms with Gasteiger partial charge < -0.3 is 0 Å². The molecule has 1 heterocycles. The van der Waals surface area contributed by atoms with Crippen LogP contribution in [0.1, 0.15) is 48.6 Å². The van der Waals surface area contributed by atoms with Crippen LogP contribution in [0, 0.1) is 13.8 Å². The minimum atomic E-state index is 0.530. The number of hydrogen-bond donors (Lipinski definition) is 0. The van der Waals surface area contributed by atoms with Crippen LogP contribution in [0.4, 0.5) is 0 Å². The summed E-state index contributed by atoms with van der Waals surface area (Å²) in [7, 11) is 0. The Bertz CT molecular complexity index is 543. The maximum Gasteiger partial charge on any atom is 0.0833 e. The lowest BCUT2D eigenvalue weighted by atomic mass is 9.88. The molecule has 2 aromatic rings. The fraction of sp³-hybridized carbons (Fsp3) is 0.500. The third-order valence-corrected chi connectivity index (χ3v) is 3.73. The van der Waals surface area contributed by atoms with E-state index in [2.05, 4.69) is 62.4 Å². The van der Waals surface area contributed by atoms with Crippen LogP contribution in [-0.2, 0) is 13.0 Å². The number of benzene rings is 1. The van der Waals surface area contributed by atoms with Gasteiger partial charge in [-0.3, -0.25) is 4.68 Å². The molecule has 3 nitrogen and oxygen atoms in total. The molecule has 3 heteroatoms. The first-order valence-corrected chi connectivity index (χ1v) is 7.10. The fourth-order valence-corrected chi connectivity index (χ4v) is 2.51. The van der Waals surface area contributed by atoms with Crippen molar-refractivity contribution >= 4 is 0 Å². The van der Waals surface area contributed by atoms with Gasteiger partial charge in [0.2, 0.25) is 0 Å². The van der Waals surface area contributed by atoms with Gasteiger partial charge >= 0.3 is 0 Å². The number of nitrogens with zero attached hydrogens (tertiary/aromatic N) is 3. The first kappa shape index (κ1) is 13.8. The maximum absolute atomic E-state index is 4.27. The third-order valence-electron chi connectivity index (χ3n) is 3.73. The molecule has 0 radical (unpaired) electrons. The van der Waals surface area contributed by atoms with Crippen molar-refractivity contribution in [2.45, 2.75) is 53.0 Å². The maximum atomic E-state index is 4.27. The molecule has 0 aliphatic rings. The van der Waals surface area contributed by atoms with Gasteiger partial charge in [0.15, 0.2) is 0 Å². The number of hydrogen-bond acceptors (Lipinski definition) is 2. The first-order valence-electron chi connectivity index (χ1n) is 7.10. The number of aryl methyl sites for hydroxylation is 3. The van der Waals surface area contributed by atoms with Crippen molar-refractivity contribution in [3.63, 3.8) is 0 Å². The van der Waals surface area contributed by atoms with Crippen molar-refractivity contribution in [2.75, 3.05) is 0 Å². The SMILES string of the molecule is CCC(Cc1cn(CC)nn1)c1cc(C)ccc1C. The zero-order valence-electron chi connectivity index (χ0n) is 12.3. The minimum absolute atomic E-state index is 0.530. The average Bonchev–Trinajstić information content (AvgIpc) is 2.87. The Balaban J connectivity index is 2.22. The van der Waals surface area contributed by atoms with Gasteiger partial charge in [0.05, 0.1) is 5.69 Å². The lowest BCUT2D eigenvalue weighted by Gasteiger charge is -2.17. The van der Waals surface area contributed by atoms with E-state index in [-0.39, 0.29) is 0 Å². The molecule has 0 saturated heterocycles. The summed E-state index contributed by atoms with van der Waals surface area (Å²) in [6.07, 6.45) is 4.16. The molecule has 0 aliphatic heterocycles. The van der Waals surface area contributed by atoms with Crippen LogP contribution in [0.15, 0.2) is 24.4 Å². The predicted molar refractivity (Wildman–Crippen MR) is 78.3 cm³/mol. The van der Waals surface area contributed by atoms with Crippen LogP contribution in [0.5, 0.6) is 0 Å². The second-order valence-corrected chi connectivity index (χ2v) is 5.23. The van der Waals surface area contributed by atoms with Gasteiger partial charge in [-0.05, 0) is 50.7 Å². The summed E-state index contributed by atoms with van der Waals surface area (Å²) in [5.74, 6) is 0.530. The van der Waals surface area contributed by atoms with Gasteiger partial charge in [0.1, 0.15) is 0 Å². The third kappa shape index (κ3) is 3.22. The van der Waals surface area contributed by atoms with Crippen LogP contribution in [-0.4, -0.2) is 15.0 Å². The van der Waals surface area contributed by atoms with Crippen molar-refractivity contribution in [3.05, 3.63) is 46.8 Å². The van der Waals surface area contributed by atoms with E-state index in [1.54, 1.807) is 0 Å². The molecule has 1 unspecified atom stereocenters. The highest BCUT2D eigenvalue weighted by Gasteiger charge is 2.14. The molecule has 0 fully saturated rings. The largest absolute Gasteiger partial charge is 0.253 e. The zero-order chi connectivity index (χ0) is 13.8. The van der Waals surface area contributed by atoms with Gasteiger partial charge in [-0.2, -0.15) is 0 Å². The van der Waals surface area contributed by atoms with Crippen molar-refractivity contribution in [1.29, 1.82) is 0 Å². The van der Waals surface area contributed by atoms with Crippen molar-refractivity contribution < 1.29 is 0 Å². The van der Waals surface area contributed by atoms with Gasteiger partial charge in [-0.25, -0.2) is 0 Å². The Morgan fingerprint density at radius 1 is 1.21 bits per heavy atom. The summed E-state index contributed by atoms with van der Waals surface area (Å²) >= 11 is 0.